The van der Waals surface area contributed by atoms with Crippen LogP contribution in [-0.2, 0) is 4.79 Å². The number of aryl methyl sites for hydroxylation is 1. The van der Waals surface area contributed by atoms with Gasteiger partial charge in [-0.3, -0.25) is 9.59 Å². The Morgan fingerprint density at radius 2 is 1.93 bits per heavy atom. The highest BCUT2D eigenvalue weighted by Gasteiger charge is 2.12. The van der Waals surface area contributed by atoms with Gasteiger partial charge in [0.15, 0.2) is 5.13 Å². The lowest BCUT2D eigenvalue weighted by Gasteiger charge is -2.07. The van der Waals surface area contributed by atoms with Crippen molar-refractivity contribution in [2.24, 2.45) is 0 Å². The Bertz CT molecular complexity index is 1020. The Balaban J connectivity index is 1.53. The largest absolute Gasteiger partial charge is 0.352 e. The predicted octanol–water partition coefficient (Wildman–Crippen LogP) is 5.18. The first-order valence-corrected chi connectivity index (χ1v) is 10.1. The van der Waals surface area contributed by atoms with E-state index in [9.17, 15) is 9.59 Å². The van der Waals surface area contributed by atoms with Crippen molar-refractivity contribution in [2.75, 3.05) is 11.9 Å². The monoisotopic (exact) mass is 433 g/mol. The molecule has 8 heteroatoms. The maximum absolute atomic E-state index is 12.1. The third-order valence-electron chi connectivity index (χ3n) is 3.98. The molecule has 0 saturated carbocycles. The Labute approximate surface area is 176 Å². The molecule has 0 aliphatic carbocycles. The van der Waals surface area contributed by atoms with Crippen LogP contribution in [0.4, 0.5) is 5.13 Å². The fourth-order valence-corrected chi connectivity index (χ4v) is 3.66. The number of halogens is 2. The highest BCUT2D eigenvalue weighted by molar-refractivity contribution is 7.14. The summed E-state index contributed by atoms with van der Waals surface area (Å²) >= 11 is 13.5. The number of hydrogen-bond acceptors (Lipinski definition) is 4. The fraction of sp³-hybridized carbons (Fsp3) is 0.150. The van der Waals surface area contributed by atoms with Gasteiger partial charge in [-0.1, -0.05) is 41.4 Å². The first-order valence-electron chi connectivity index (χ1n) is 8.48. The molecular formula is C20H17Cl2N3O2S. The van der Waals surface area contributed by atoms with Gasteiger partial charge in [-0.05, 0) is 36.8 Å². The second-order valence-electron chi connectivity index (χ2n) is 6.03. The number of nitrogens with zero attached hydrogens (tertiary/aromatic N) is 1. The smallest absolute Gasteiger partial charge is 0.251 e. The molecule has 1 aromatic heterocycles. The van der Waals surface area contributed by atoms with E-state index in [0.29, 0.717) is 32.0 Å². The van der Waals surface area contributed by atoms with Crippen LogP contribution in [0.15, 0.2) is 47.8 Å². The van der Waals surface area contributed by atoms with E-state index in [1.54, 1.807) is 35.7 Å². The van der Waals surface area contributed by atoms with Gasteiger partial charge in [0.25, 0.3) is 5.91 Å². The number of aromatic nitrogens is 1. The number of carbonyl (C=O) groups excluding carboxylic acids is 2. The molecule has 28 heavy (non-hydrogen) atoms. The molecule has 0 fully saturated rings. The summed E-state index contributed by atoms with van der Waals surface area (Å²) in [4.78, 5) is 28.7. The molecule has 144 valence electrons. The molecule has 2 aromatic carbocycles. The van der Waals surface area contributed by atoms with Crippen LogP contribution in [0.25, 0.3) is 11.3 Å². The van der Waals surface area contributed by atoms with Gasteiger partial charge < -0.3 is 10.6 Å². The zero-order chi connectivity index (χ0) is 20.1. The van der Waals surface area contributed by atoms with Crippen molar-refractivity contribution in [2.45, 2.75) is 13.3 Å². The standard InChI is InChI=1S/C20H17Cl2N3O2S/c1-12-4-2-3-5-14(12)19(27)23-9-8-18(26)25-20-24-17(11-28-20)15-10-13(21)6-7-16(15)22/h2-7,10-11H,8-9H2,1H3,(H,23,27)(H,24,25,26). The van der Waals surface area contributed by atoms with Crippen LogP contribution in [-0.4, -0.2) is 23.3 Å². The van der Waals surface area contributed by atoms with E-state index in [2.05, 4.69) is 15.6 Å². The molecular weight excluding hydrogens is 417 g/mol. The van der Waals surface area contributed by atoms with Crippen LogP contribution in [0, 0.1) is 6.92 Å². The van der Waals surface area contributed by atoms with E-state index in [4.69, 9.17) is 23.2 Å². The summed E-state index contributed by atoms with van der Waals surface area (Å²) in [5.74, 6) is -0.429. The third kappa shape index (κ3) is 5.10. The van der Waals surface area contributed by atoms with Crippen molar-refractivity contribution >= 4 is 51.5 Å². The second-order valence-corrected chi connectivity index (χ2v) is 7.73. The summed E-state index contributed by atoms with van der Waals surface area (Å²) in [7, 11) is 0. The number of anilines is 1. The maximum atomic E-state index is 12.1. The van der Waals surface area contributed by atoms with Crippen LogP contribution >= 0.6 is 34.5 Å². The minimum atomic E-state index is -0.233. The quantitative estimate of drug-likeness (QED) is 0.561. The minimum absolute atomic E-state index is 0.143. The van der Waals surface area contributed by atoms with Crippen molar-refractivity contribution in [1.29, 1.82) is 0 Å². The van der Waals surface area contributed by atoms with Crippen molar-refractivity contribution in [3.8, 4) is 11.3 Å². The summed E-state index contributed by atoms with van der Waals surface area (Å²) in [6.45, 7) is 2.10. The van der Waals surface area contributed by atoms with Crippen LogP contribution in [0.3, 0.4) is 0 Å². The van der Waals surface area contributed by atoms with Gasteiger partial charge in [0.1, 0.15) is 0 Å². The number of nitrogens with one attached hydrogen (secondary N) is 2. The van der Waals surface area contributed by atoms with Crippen molar-refractivity contribution < 1.29 is 9.59 Å². The minimum Gasteiger partial charge on any atom is -0.352 e. The van der Waals surface area contributed by atoms with E-state index in [1.807, 2.05) is 19.1 Å². The molecule has 0 radical (unpaired) electrons. The number of benzene rings is 2. The molecule has 2 N–H and O–H groups in total. The van der Waals surface area contributed by atoms with E-state index < -0.39 is 0 Å². The molecule has 0 spiro atoms. The van der Waals surface area contributed by atoms with Crippen LogP contribution in [0.5, 0.6) is 0 Å². The van der Waals surface area contributed by atoms with Gasteiger partial charge in [0, 0.05) is 34.5 Å². The third-order valence-corrected chi connectivity index (χ3v) is 5.30. The van der Waals surface area contributed by atoms with Crippen LogP contribution < -0.4 is 10.6 Å². The molecule has 2 amide bonds. The average Bonchev–Trinajstić information content (AvgIpc) is 3.12. The molecule has 0 saturated heterocycles. The summed E-state index contributed by atoms with van der Waals surface area (Å²) in [6.07, 6.45) is 0.143. The Morgan fingerprint density at radius 1 is 1.14 bits per heavy atom. The molecule has 1 heterocycles. The molecule has 0 bridgehead atoms. The summed E-state index contributed by atoms with van der Waals surface area (Å²) in [5.41, 5.74) is 2.84. The zero-order valence-corrected chi connectivity index (χ0v) is 17.3. The number of hydrogen-bond donors (Lipinski definition) is 2. The molecule has 0 aliphatic heterocycles. The SMILES string of the molecule is Cc1ccccc1C(=O)NCCC(=O)Nc1nc(-c2cc(Cl)ccc2Cl)cs1. The number of thiazole rings is 1. The number of amides is 2. The lowest BCUT2D eigenvalue weighted by Crippen LogP contribution is -2.28. The number of rotatable bonds is 6. The highest BCUT2D eigenvalue weighted by atomic mass is 35.5. The van der Waals surface area contributed by atoms with Crippen LogP contribution in [0.1, 0.15) is 22.3 Å². The predicted molar refractivity (Wildman–Crippen MR) is 114 cm³/mol. The van der Waals surface area contributed by atoms with Crippen molar-refractivity contribution in [3.05, 3.63) is 69.0 Å². The van der Waals surface area contributed by atoms with E-state index in [-0.39, 0.29) is 24.8 Å². The molecule has 5 nitrogen and oxygen atoms in total. The normalized spacial score (nSPS) is 10.5. The Morgan fingerprint density at radius 3 is 2.71 bits per heavy atom. The molecule has 3 rings (SSSR count). The maximum Gasteiger partial charge on any atom is 0.251 e. The van der Waals surface area contributed by atoms with Gasteiger partial charge in [-0.25, -0.2) is 4.98 Å². The van der Waals surface area contributed by atoms with Gasteiger partial charge in [-0.2, -0.15) is 0 Å². The van der Waals surface area contributed by atoms with E-state index in [1.165, 1.54) is 11.3 Å². The van der Waals surface area contributed by atoms with Gasteiger partial charge in [0.2, 0.25) is 5.91 Å². The van der Waals surface area contributed by atoms with Gasteiger partial charge in [-0.15, -0.1) is 11.3 Å². The molecule has 3 aromatic rings. The van der Waals surface area contributed by atoms with Gasteiger partial charge in [0.05, 0.1) is 10.7 Å². The lowest BCUT2D eigenvalue weighted by atomic mass is 10.1. The van der Waals surface area contributed by atoms with Crippen LogP contribution in [0.2, 0.25) is 10.0 Å². The highest BCUT2D eigenvalue weighted by Crippen LogP contribution is 2.32. The first kappa shape index (κ1) is 20.3. The fourth-order valence-electron chi connectivity index (χ4n) is 2.54. The average molecular weight is 434 g/mol. The summed E-state index contributed by atoms with van der Waals surface area (Å²) in [6, 6.07) is 12.4. The van der Waals surface area contributed by atoms with Crippen molar-refractivity contribution in [3.63, 3.8) is 0 Å². The van der Waals surface area contributed by atoms with Gasteiger partial charge >= 0.3 is 0 Å². The molecule has 0 unspecified atom stereocenters. The first-order chi connectivity index (χ1) is 13.4. The summed E-state index contributed by atoms with van der Waals surface area (Å²) in [5, 5.41) is 8.83. The summed E-state index contributed by atoms with van der Waals surface area (Å²) < 4.78 is 0. The van der Waals surface area contributed by atoms with Crippen molar-refractivity contribution in [1.82, 2.24) is 10.3 Å². The Hall–Kier alpha value is -2.41. The zero-order valence-electron chi connectivity index (χ0n) is 15.0. The molecule has 0 atom stereocenters. The lowest BCUT2D eigenvalue weighted by molar-refractivity contribution is -0.116. The van der Waals surface area contributed by atoms with E-state index >= 15 is 0 Å². The van der Waals surface area contributed by atoms with E-state index in [0.717, 1.165) is 5.56 Å². The second kappa shape index (κ2) is 9.19. The Kier molecular flexibility index (Phi) is 6.67. The number of carbonyl (C=O) groups is 2. The molecule has 0 aliphatic rings. The topological polar surface area (TPSA) is 71.1 Å².